The molecule has 1 aliphatic carbocycles. The summed E-state index contributed by atoms with van der Waals surface area (Å²) in [6.07, 6.45) is 3.63. The topological polar surface area (TPSA) is 72.2 Å². The molecule has 1 aromatic carbocycles. The third-order valence-corrected chi connectivity index (χ3v) is 4.72. The van der Waals surface area contributed by atoms with Gasteiger partial charge in [0.2, 0.25) is 0 Å². The highest BCUT2D eigenvalue weighted by atomic mass is 35.5. The van der Waals surface area contributed by atoms with Gasteiger partial charge < -0.3 is 5.32 Å². The zero-order valence-electron chi connectivity index (χ0n) is 12.0. The van der Waals surface area contributed by atoms with Crippen LogP contribution in [0.1, 0.15) is 43.0 Å². The van der Waals surface area contributed by atoms with Crippen molar-refractivity contribution in [1.29, 1.82) is 0 Å². The standard InChI is InChI=1S/C15H19ClN2O3/c1-11-6-8-15(10-16,9-7-11)17-14(19)12-4-2-3-5-13(12)18(20)21/h2-5,11H,6-10H2,1H3,(H,17,19). The van der Waals surface area contributed by atoms with Crippen molar-refractivity contribution in [3.8, 4) is 0 Å². The Hall–Kier alpha value is -1.62. The molecule has 0 unspecified atom stereocenters. The first-order chi connectivity index (χ1) is 9.97. The quantitative estimate of drug-likeness (QED) is 0.525. The van der Waals surface area contributed by atoms with Gasteiger partial charge >= 0.3 is 0 Å². The molecule has 0 saturated heterocycles. The number of hydrogen-bond donors (Lipinski definition) is 1. The van der Waals surface area contributed by atoms with E-state index in [4.69, 9.17) is 11.6 Å². The molecule has 0 radical (unpaired) electrons. The lowest BCUT2D eigenvalue weighted by Gasteiger charge is -2.38. The normalized spacial score (nSPS) is 25.3. The van der Waals surface area contributed by atoms with Crippen molar-refractivity contribution in [3.63, 3.8) is 0 Å². The zero-order valence-corrected chi connectivity index (χ0v) is 12.7. The van der Waals surface area contributed by atoms with E-state index in [0.29, 0.717) is 11.8 Å². The summed E-state index contributed by atoms with van der Waals surface area (Å²) in [5.74, 6) is 0.535. The van der Waals surface area contributed by atoms with Crippen LogP contribution in [0.15, 0.2) is 24.3 Å². The fourth-order valence-corrected chi connectivity index (χ4v) is 3.07. The van der Waals surface area contributed by atoms with Gasteiger partial charge in [-0.3, -0.25) is 14.9 Å². The maximum absolute atomic E-state index is 12.4. The predicted molar refractivity (Wildman–Crippen MR) is 81.6 cm³/mol. The van der Waals surface area contributed by atoms with Crippen LogP contribution in [0.3, 0.4) is 0 Å². The molecule has 114 valence electrons. The molecule has 0 aliphatic heterocycles. The van der Waals surface area contributed by atoms with Crippen LogP contribution >= 0.6 is 11.6 Å². The fourth-order valence-electron chi connectivity index (χ4n) is 2.74. The summed E-state index contributed by atoms with van der Waals surface area (Å²) in [4.78, 5) is 22.9. The number of nitro groups is 1. The van der Waals surface area contributed by atoms with Crippen LogP contribution in [0.5, 0.6) is 0 Å². The molecule has 1 amide bonds. The minimum absolute atomic E-state index is 0.0885. The molecular weight excluding hydrogens is 292 g/mol. The second-order valence-electron chi connectivity index (χ2n) is 5.82. The molecule has 0 bridgehead atoms. The van der Waals surface area contributed by atoms with Crippen molar-refractivity contribution in [2.75, 3.05) is 5.88 Å². The van der Waals surface area contributed by atoms with Gasteiger partial charge in [0.1, 0.15) is 5.56 Å². The summed E-state index contributed by atoms with van der Waals surface area (Å²) >= 11 is 6.07. The predicted octanol–water partition coefficient (Wildman–Crippen LogP) is 3.51. The van der Waals surface area contributed by atoms with E-state index in [-0.39, 0.29) is 11.3 Å². The second-order valence-corrected chi connectivity index (χ2v) is 6.09. The van der Waals surface area contributed by atoms with Gasteiger partial charge in [0.25, 0.3) is 11.6 Å². The molecule has 0 heterocycles. The van der Waals surface area contributed by atoms with Crippen LogP contribution in [0, 0.1) is 16.0 Å². The summed E-state index contributed by atoms with van der Waals surface area (Å²) in [5, 5.41) is 13.9. The van der Waals surface area contributed by atoms with Gasteiger partial charge in [0.05, 0.1) is 10.5 Å². The Morgan fingerprint density at radius 1 is 1.43 bits per heavy atom. The molecule has 6 heteroatoms. The number of nitrogens with one attached hydrogen (secondary N) is 1. The molecule has 0 atom stereocenters. The smallest absolute Gasteiger partial charge is 0.282 e. The lowest BCUT2D eigenvalue weighted by molar-refractivity contribution is -0.385. The lowest BCUT2D eigenvalue weighted by atomic mass is 9.78. The third-order valence-electron chi connectivity index (χ3n) is 4.21. The van der Waals surface area contributed by atoms with E-state index in [9.17, 15) is 14.9 Å². The molecule has 1 aromatic rings. The van der Waals surface area contributed by atoms with Crippen LogP contribution in [0.2, 0.25) is 0 Å². The van der Waals surface area contributed by atoms with Gasteiger partial charge in [-0.15, -0.1) is 11.6 Å². The number of para-hydroxylation sites is 1. The fraction of sp³-hybridized carbons (Fsp3) is 0.533. The molecule has 0 spiro atoms. The number of alkyl halides is 1. The Bertz CT molecular complexity index is 539. The number of amides is 1. The summed E-state index contributed by atoms with van der Waals surface area (Å²) in [7, 11) is 0. The number of carbonyl (C=O) groups excluding carboxylic acids is 1. The van der Waals surface area contributed by atoms with Gasteiger partial charge in [-0.2, -0.15) is 0 Å². The number of hydrogen-bond acceptors (Lipinski definition) is 3. The largest absolute Gasteiger partial charge is 0.345 e. The maximum atomic E-state index is 12.4. The van der Waals surface area contributed by atoms with Crippen molar-refractivity contribution >= 4 is 23.2 Å². The number of benzene rings is 1. The van der Waals surface area contributed by atoms with Crippen molar-refractivity contribution < 1.29 is 9.72 Å². The van der Waals surface area contributed by atoms with Gasteiger partial charge in [0, 0.05) is 11.9 Å². The van der Waals surface area contributed by atoms with Gasteiger partial charge in [0.15, 0.2) is 0 Å². The average molecular weight is 311 g/mol. The first-order valence-electron chi connectivity index (χ1n) is 7.09. The number of carbonyl (C=O) groups is 1. The Labute approximate surface area is 128 Å². The number of nitrogens with zero attached hydrogens (tertiary/aromatic N) is 1. The Balaban J connectivity index is 2.19. The van der Waals surface area contributed by atoms with E-state index in [2.05, 4.69) is 12.2 Å². The number of rotatable bonds is 4. The molecule has 2 rings (SSSR count). The molecule has 5 nitrogen and oxygen atoms in total. The number of halogens is 1. The van der Waals surface area contributed by atoms with Crippen LogP contribution in [-0.2, 0) is 0 Å². The average Bonchev–Trinajstić information content (AvgIpc) is 2.49. The van der Waals surface area contributed by atoms with Crippen molar-refractivity contribution in [3.05, 3.63) is 39.9 Å². The molecular formula is C15H19ClN2O3. The van der Waals surface area contributed by atoms with Gasteiger partial charge in [-0.1, -0.05) is 19.1 Å². The van der Waals surface area contributed by atoms with Gasteiger partial charge in [-0.05, 0) is 37.7 Å². The zero-order chi connectivity index (χ0) is 15.5. The summed E-state index contributed by atoms with van der Waals surface area (Å²) in [5.41, 5.74) is -0.538. The molecule has 1 saturated carbocycles. The summed E-state index contributed by atoms with van der Waals surface area (Å²) in [6.45, 7) is 2.18. The van der Waals surface area contributed by atoms with E-state index >= 15 is 0 Å². The summed E-state index contributed by atoms with van der Waals surface area (Å²) in [6, 6.07) is 5.98. The van der Waals surface area contributed by atoms with E-state index in [0.717, 1.165) is 25.7 Å². The first-order valence-corrected chi connectivity index (χ1v) is 7.63. The van der Waals surface area contributed by atoms with Crippen LogP contribution in [-0.4, -0.2) is 22.2 Å². The lowest BCUT2D eigenvalue weighted by Crippen LogP contribution is -2.52. The van der Waals surface area contributed by atoms with Crippen molar-refractivity contribution in [2.45, 2.75) is 38.1 Å². The molecule has 1 fully saturated rings. The maximum Gasteiger partial charge on any atom is 0.282 e. The first kappa shape index (κ1) is 15.8. The van der Waals surface area contributed by atoms with Crippen molar-refractivity contribution in [1.82, 2.24) is 5.32 Å². The van der Waals surface area contributed by atoms with E-state index in [1.54, 1.807) is 12.1 Å². The Morgan fingerprint density at radius 2 is 2.05 bits per heavy atom. The summed E-state index contributed by atoms with van der Waals surface area (Å²) < 4.78 is 0. The minimum atomic E-state index is -0.536. The van der Waals surface area contributed by atoms with Crippen molar-refractivity contribution in [2.24, 2.45) is 5.92 Å². The van der Waals surface area contributed by atoms with E-state index in [1.165, 1.54) is 12.1 Å². The molecule has 0 aromatic heterocycles. The highest BCUT2D eigenvalue weighted by Gasteiger charge is 2.36. The Morgan fingerprint density at radius 3 is 2.62 bits per heavy atom. The van der Waals surface area contributed by atoms with Gasteiger partial charge in [-0.25, -0.2) is 0 Å². The van der Waals surface area contributed by atoms with Crippen LogP contribution < -0.4 is 5.32 Å². The monoisotopic (exact) mass is 310 g/mol. The minimum Gasteiger partial charge on any atom is -0.345 e. The SMILES string of the molecule is CC1CCC(CCl)(NC(=O)c2ccccc2[N+](=O)[O-])CC1. The third kappa shape index (κ3) is 3.53. The number of nitro benzene ring substituents is 1. The molecule has 1 N–H and O–H groups in total. The molecule has 1 aliphatic rings. The Kier molecular flexibility index (Phi) is 4.83. The highest BCUT2D eigenvalue weighted by molar-refractivity contribution is 6.19. The highest BCUT2D eigenvalue weighted by Crippen LogP contribution is 2.33. The van der Waals surface area contributed by atoms with Crippen LogP contribution in [0.25, 0.3) is 0 Å². The van der Waals surface area contributed by atoms with E-state index in [1.807, 2.05) is 0 Å². The second kappa shape index (κ2) is 6.43. The molecule has 21 heavy (non-hydrogen) atoms. The van der Waals surface area contributed by atoms with Crippen LogP contribution in [0.4, 0.5) is 5.69 Å². The van der Waals surface area contributed by atoms with E-state index < -0.39 is 16.4 Å².